The van der Waals surface area contributed by atoms with Crippen LogP contribution in [0.25, 0.3) is 11.1 Å². The quantitative estimate of drug-likeness (QED) is 0.286. The molecule has 0 bridgehead atoms. The molecule has 2 atom stereocenters. The van der Waals surface area contributed by atoms with Crippen molar-refractivity contribution in [1.29, 1.82) is 0 Å². The van der Waals surface area contributed by atoms with E-state index in [0.29, 0.717) is 51.9 Å². The van der Waals surface area contributed by atoms with Gasteiger partial charge in [0.1, 0.15) is 0 Å². The molecule has 0 saturated carbocycles. The number of rotatable bonds is 7. The fourth-order valence-electron chi connectivity index (χ4n) is 4.57. The molecule has 1 aliphatic carbocycles. The van der Waals surface area contributed by atoms with Gasteiger partial charge in [0.05, 0.1) is 35.5 Å². The van der Waals surface area contributed by atoms with E-state index >= 15 is 0 Å². The average Bonchev–Trinajstić information content (AvgIpc) is 2.86. The van der Waals surface area contributed by atoms with E-state index in [1.165, 1.54) is 7.11 Å². The SMILES string of the molecule is C/C=C(\C)C(=O)Oc1c(OC)c(OC)cc2c1-c1c(cc(OC)c(OC)c1OC)CC(C)C(C)C2. The van der Waals surface area contributed by atoms with Crippen LogP contribution in [-0.2, 0) is 17.6 Å². The zero-order chi connectivity index (χ0) is 25.9. The van der Waals surface area contributed by atoms with Crippen molar-refractivity contribution in [3.63, 3.8) is 0 Å². The highest BCUT2D eigenvalue weighted by atomic mass is 16.6. The number of benzene rings is 2. The molecule has 2 unspecified atom stereocenters. The van der Waals surface area contributed by atoms with Gasteiger partial charge in [-0.05, 0) is 61.8 Å². The largest absolute Gasteiger partial charge is 0.493 e. The van der Waals surface area contributed by atoms with E-state index in [2.05, 4.69) is 13.8 Å². The third kappa shape index (κ3) is 4.77. The van der Waals surface area contributed by atoms with Crippen LogP contribution in [0.2, 0.25) is 0 Å². The van der Waals surface area contributed by atoms with Gasteiger partial charge in [0.2, 0.25) is 11.5 Å². The van der Waals surface area contributed by atoms with Crippen LogP contribution in [0.3, 0.4) is 0 Å². The van der Waals surface area contributed by atoms with Crippen LogP contribution < -0.4 is 28.4 Å². The molecule has 2 aromatic rings. The zero-order valence-corrected chi connectivity index (χ0v) is 22.2. The fraction of sp³-hybridized carbons (Fsp3) is 0.464. The van der Waals surface area contributed by atoms with E-state index in [1.54, 1.807) is 48.4 Å². The van der Waals surface area contributed by atoms with Crippen molar-refractivity contribution < 1.29 is 33.2 Å². The van der Waals surface area contributed by atoms with E-state index in [9.17, 15) is 4.79 Å². The second kappa shape index (κ2) is 10.9. The highest BCUT2D eigenvalue weighted by Crippen LogP contribution is 2.56. The van der Waals surface area contributed by atoms with Crippen molar-refractivity contribution >= 4 is 5.97 Å². The van der Waals surface area contributed by atoms with Crippen molar-refractivity contribution in [2.75, 3.05) is 35.5 Å². The van der Waals surface area contributed by atoms with Gasteiger partial charge in [0.15, 0.2) is 23.0 Å². The van der Waals surface area contributed by atoms with Gasteiger partial charge in [-0.15, -0.1) is 0 Å². The third-order valence-corrected chi connectivity index (χ3v) is 6.87. The van der Waals surface area contributed by atoms with Crippen LogP contribution >= 0.6 is 0 Å². The number of hydrogen-bond acceptors (Lipinski definition) is 7. The van der Waals surface area contributed by atoms with Crippen LogP contribution in [0.1, 0.15) is 38.8 Å². The minimum Gasteiger partial charge on any atom is -0.493 e. The topological polar surface area (TPSA) is 72.5 Å². The Bertz CT molecular complexity index is 1130. The summed E-state index contributed by atoms with van der Waals surface area (Å²) in [5, 5.41) is 0. The average molecular weight is 485 g/mol. The van der Waals surface area contributed by atoms with Crippen LogP contribution in [0.4, 0.5) is 0 Å². The second-order valence-electron chi connectivity index (χ2n) is 8.88. The minimum atomic E-state index is -0.467. The Balaban J connectivity index is 2.53. The van der Waals surface area contributed by atoms with E-state index in [1.807, 2.05) is 12.1 Å². The van der Waals surface area contributed by atoms with Gasteiger partial charge in [0.25, 0.3) is 0 Å². The summed E-state index contributed by atoms with van der Waals surface area (Å²) in [4.78, 5) is 13.0. The van der Waals surface area contributed by atoms with Gasteiger partial charge >= 0.3 is 5.97 Å². The molecule has 35 heavy (non-hydrogen) atoms. The maximum atomic E-state index is 13.0. The number of hydrogen-bond donors (Lipinski definition) is 0. The molecule has 0 aromatic heterocycles. The first-order valence-corrected chi connectivity index (χ1v) is 11.7. The predicted molar refractivity (Wildman–Crippen MR) is 135 cm³/mol. The monoisotopic (exact) mass is 484 g/mol. The van der Waals surface area contributed by atoms with Gasteiger partial charge in [0, 0.05) is 16.7 Å². The number of fused-ring (bicyclic) bond motifs is 3. The first-order chi connectivity index (χ1) is 16.8. The molecule has 0 heterocycles. The molecule has 0 aliphatic heterocycles. The summed E-state index contributed by atoms with van der Waals surface area (Å²) in [6.45, 7) is 7.97. The Labute approximate surface area is 207 Å². The van der Waals surface area contributed by atoms with Gasteiger partial charge in [-0.1, -0.05) is 19.9 Å². The van der Waals surface area contributed by atoms with Crippen molar-refractivity contribution in [3.05, 3.63) is 34.9 Å². The highest BCUT2D eigenvalue weighted by molar-refractivity contribution is 5.94. The summed E-state index contributed by atoms with van der Waals surface area (Å²) in [6.07, 6.45) is 3.24. The summed E-state index contributed by atoms with van der Waals surface area (Å²) in [6, 6.07) is 3.94. The third-order valence-electron chi connectivity index (χ3n) is 6.87. The Morgan fingerprint density at radius 1 is 0.743 bits per heavy atom. The standard InChI is InChI=1S/C28H36O7/c1-10-15(2)28(29)35-27-23-19(14-21(31-6)25(27)33-8)12-17(4)16(3)11-18-13-20(30-5)24(32-7)26(34-9)22(18)23/h10,13-14,16-17H,11-12H2,1-9H3/b15-10+. The van der Waals surface area contributed by atoms with E-state index < -0.39 is 5.97 Å². The Morgan fingerprint density at radius 2 is 1.17 bits per heavy atom. The fourth-order valence-corrected chi connectivity index (χ4v) is 4.57. The smallest absolute Gasteiger partial charge is 0.338 e. The molecule has 0 amide bonds. The number of esters is 1. The molecule has 7 heteroatoms. The second-order valence-corrected chi connectivity index (χ2v) is 8.88. The van der Waals surface area contributed by atoms with Crippen molar-refractivity contribution in [1.82, 2.24) is 0 Å². The lowest BCUT2D eigenvalue weighted by Crippen LogP contribution is -2.19. The minimum absolute atomic E-state index is 0.293. The summed E-state index contributed by atoms with van der Waals surface area (Å²) in [5.41, 5.74) is 3.98. The van der Waals surface area contributed by atoms with Gasteiger partial charge in [-0.3, -0.25) is 0 Å². The van der Waals surface area contributed by atoms with E-state index in [-0.39, 0.29) is 0 Å². The molecule has 2 aromatic carbocycles. The van der Waals surface area contributed by atoms with E-state index in [4.69, 9.17) is 28.4 Å². The van der Waals surface area contributed by atoms with Crippen LogP contribution in [0.15, 0.2) is 23.8 Å². The molecular formula is C28H36O7. The van der Waals surface area contributed by atoms with Crippen LogP contribution in [0, 0.1) is 11.8 Å². The van der Waals surface area contributed by atoms with Gasteiger partial charge in [-0.2, -0.15) is 0 Å². The van der Waals surface area contributed by atoms with Gasteiger partial charge in [-0.25, -0.2) is 4.79 Å². The molecule has 0 saturated heterocycles. The van der Waals surface area contributed by atoms with Crippen molar-refractivity contribution in [2.24, 2.45) is 11.8 Å². The molecule has 0 N–H and O–H groups in total. The molecular weight excluding hydrogens is 448 g/mol. The molecule has 3 rings (SSSR count). The molecule has 0 fully saturated rings. The summed E-state index contributed by atoms with van der Waals surface area (Å²) < 4.78 is 34.7. The summed E-state index contributed by atoms with van der Waals surface area (Å²) >= 11 is 0. The van der Waals surface area contributed by atoms with Crippen molar-refractivity contribution in [2.45, 2.75) is 40.5 Å². The number of ether oxygens (including phenoxy) is 6. The number of methoxy groups -OCH3 is 5. The molecule has 0 spiro atoms. The van der Waals surface area contributed by atoms with Gasteiger partial charge < -0.3 is 28.4 Å². The van der Waals surface area contributed by atoms with Crippen LogP contribution in [-0.4, -0.2) is 41.5 Å². The molecule has 190 valence electrons. The first-order valence-electron chi connectivity index (χ1n) is 11.7. The Kier molecular flexibility index (Phi) is 8.20. The number of carbonyl (C=O) groups is 1. The maximum Gasteiger partial charge on any atom is 0.338 e. The molecule has 7 nitrogen and oxygen atoms in total. The highest BCUT2D eigenvalue weighted by Gasteiger charge is 2.34. The maximum absolute atomic E-state index is 13.0. The lowest BCUT2D eigenvalue weighted by atomic mass is 9.77. The summed E-state index contributed by atoms with van der Waals surface area (Å²) in [5.74, 6) is 2.94. The lowest BCUT2D eigenvalue weighted by Gasteiger charge is -2.30. The Morgan fingerprint density at radius 3 is 1.57 bits per heavy atom. The Hall–Kier alpha value is -3.35. The lowest BCUT2D eigenvalue weighted by molar-refractivity contribution is -0.130. The molecule has 1 aliphatic rings. The zero-order valence-electron chi connectivity index (χ0n) is 22.2. The molecule has 0 radical (unpaired) electrons. The normalized spacial score (nSPS) is 17.3. The number of allylic oxidation sites excluding steroid dienone is 1. The van der Waals surface area contributed by atoms with Crippen molar-refractivity contribution in [3.8, 4) is 45.6 Å². The predicted octanol–water partition coefficient (Wildman–Crippen LogP) is 5.64. The first kappa shape index (κ1) is 26.3. The van der Waals surface area contributed by atoms with Crippen LogP contribution in [0.5, 0.6) is 34.5 Å². The number of carbonyl (C=O) groups excluding carboxylic acids is 1. The van der Waals surface area contributed by atoms with E-state index in [0.717, 1.165) is 35.1 Å². The summed E-state index contributed by atoms with van der Waals surface area (Å²) in [7, 11) is 7.88.